The van der Waals surface area contributed by atoms with Crippen LogP contribution in [-0.4, -0.2) is 26.0 Å². The van der Waals surface area contributed by atoms with Crippen LogP contribution in [0.1, 0.15) is 17.9 Å². The highest BCUT2D eigenvalue weighted by Gasteiger charge is 2.33. The maximum atomic E-state index is 11.6. The molecule has 0 bridgehead atoms. The standard InChI is InChI=1S/C12H13NO4/c1-16-7-3-4-10(17-2)8(5-7)9-6-11(14)13-12(9)15/h3-5,9H,6H2,1-2H3,(H,13,14,15). The summed E-state index contributed by atoms with van der Waals surface area (Å²) < 4.78 is 10.3. The lowest BCUT2D eigenvalue weighted by Crippen LogP contribution is -2.21. The van der Waals surface area contributed by atoms with Gasteiger partial charge in [-0.25, -0.2) is 0 Å². The fraction of sp³-hybridized carbons (Fsp3) is 0.333. The summed E-state index contributed by atoms with van der Waals surface area (Å²) in [4.78, 5) is 22.8. The van der Waals surface area contributed by atoms with E-state index in [1.165, 1.54) is 7.11 Å². The Morgan fingerprint density at radius 3 is 2.53 bits per heavy atom. The first-order valence-electron chi connectivity index (χ1n) is 5.21. The zero-order valence-electron chi connectivity index (χ0n) is 9.65. The minimum Gasteiger partial charge on any atom is -0.497 e. The number of carbonyl (C=O) groups excluding carboxylic acids is 2. The first kappa shape index (κ1) is 11.4. The molecule has 0 aliphatic carbocycles. The zero-order valence-corrected chi connectivity index (χ0v) is 9.65. The molecule has 2 amide bonds. The molecule has 1 N–H and O–H groups in total. The van der Waals surface area contributed by atoms with Crippen LogP contribution in [0.2, 0.25) is 0 Å². The summed E-state index contributed by atoms with van der Waals surface area (Å²) in [6, 6.07) is 5.20. The van der Waals surface area contributed by atoms with Crippen molar-refractivity contribution in [3.8, 4) is 11.5 Å². The van der Waals surface area contributed by atoms with Crippen LogP contribution in [0.3, 0.4) is 0 Å². The topological polar surface area (TPSA) is 64.6 Å². The molecular formula is C12H13NO4. The number of amides is 2. The second-order valence-corrected chi connectivity index (χ2v) is 3.78. The van der Waals surface area contributed by atoms with Gasteiger partial charge in [0.05, 0.1) is 20.1 Å². The van der Waals surface area contributed by atoms with Crippen LogP contribution in [0.25, 0.3) is 0 Å². The summed E-state index contributed by atoms with van der Waals surface area (Å²) in [6.07, 6.45) is 0.155. The van der Waals surface area contributed by atoms with Crippen molar-refractivity contribution in [1.29, 1.82) is 0 Å². The third-order valence-electron chi connectivity index (χ3n) is 2.78. The predicted octanol–water partition coefficient (Wildman–Crippen LogP) is 0.834. The van der Waals surface area contributed by atoms with E-state index in [9.17, 15) is 9.59 Å². The van der Waals surface area contributed by atoms with Gasteiger partial charge in [0.2, 0.25) is 11.8 Å². The summed E-state index contributed by atoms with van der Waals surface area (Å²) in [5, 5.41) is 2.28. The fourth-order valence-corrected chi connectivity index (χ4v) is 1.92. The summed E-state index contributed by atoms with van der Waals surface area (Å²) in [5.74, 6) is 0.174. The van der Waals surface area contributed by atoms with Crippen LogP contribution < -0.4 is 14.8 Å². The molecule has 0 saturated carbocycles. The van der Waals surface area contributed by atoms with Gasteiger partial charge in [0.1, 0.15) is 11.5 Å². The normalized spacial score (nSPS) is 19.1. The van der Waals surface area contributed by atoms with Gasteiger partial charge in [-0.2, -0.15) is 0 Å². The summed E-state index contributed by atoms with van der Waals surface area (Å²) in [5.41, 5.74) is 0.676. The lowest BCUT2D eigenvalue weighted by atomic mass is 9.96. The molecule has 5 nitrogen and oxygen atoms in total. The van der Waals surface area contributed by atoms with Crippen LogP contribution in [0, 0.1) is 0 Å². The highest BCUT2D eigenvalue weighted by atomic mass is 16.5. The fourth-order valence-electron chi connectivity index (χ4n) is 1.92. The van der Waals surface area contributed by atoms with E-state index in [4.69, 9.17) is 9.47 Å². The van der Waals surface area contributed by atoms with Gasteiger partial charge in [0.15, 0.2) is 0 Å². The smallest absolute Gasteiger partial charge is 0.234 e. The molecule has 1 heterocycles. The third-order valence-corrected chi connectivity index (χ3v) is 2.78. The molecule has 1 unspecified atom stereocenters. The molecule has 1 aromatic carbocycles. The van der Waals surface area contributed by atoms with Crippen molar-refractivity contribution in [2.45, 2.75) is 12.3 Å². The van der Waals surface area contributed by atoms with E-state index in [-0.39, 0.29) is 18.2 Å². The van der Waals surface area contributed by atoms with Crippen LogP contribution in [0.4, 0.5) is 0 Å². The Morgan fingerprint density at radius 2 is 2.00 bits per heavy atom. The molecule has 1 aromatic rings. The number of carbonyl (C=O) groups is 2. The number of rotatable bonds is 3. The molecule has 1 fully saturated rings. The lowest BCUT2D eigenvalue weighted by molar-refractivity contribution is -0.125. The number of nitrogens with one attached hydrogen (secondary N) is 1. The number of ether oxygens (including phenoxy) is 2. The molecule has 1 atom stereocenters. The molecule has 1 saturated heterocycles. The van der Waals surface area contributed by atoms with Gasteiger partial charge in [-0.15, -0.1) is 0 Å². The van der Waals surface area contributed by atoms with Crippen molar-refractivity contribution < 1.29 is 19.1 Å². The Bertz CT molecular complexity index is 470. The van der Waals surface area contributed by atoms with Gasteiger partial charge in [0.25, 0.3) is 0 Å². The molecule has 0 spiro atoms. The van der Waals surface area contributed by atoms with E-state index >= 15 is 0 Å². The molecule has 2 rings (SSSR count). The molecular weight excluding hydrogens is 222 g/mol. The van der Waals surface area contributed by atoms with Crippen molar-refractivity contribution in [3.63, 3.8) is 0 Å². The zero-order chi connectivity index (χ0) is 12.4. The molecule has 0 aromatic heterocycles. The maximum Gasteiger partial charge on any atom is 0.234 e. The summed E-state index contributed by atoms with van der Waals surface area (Å²) >= 11 is 0. The van der Waals surface area contributed by atoms with E-state index in [2.05, 4.69) is 5.32 Å². The summed E-state index contributed by atoms with van der Waals surface area (Å²) in [7, 11) is 3.07. The number of hydrogen-bond donors (Lipinski definition) is 1. The Morgan fingerprint density at radius 1 is 1.24 bits per heavy atom. The van der Waals surface area contributed by atoms with Crippen LogP contribution in [0.5, 0.6) is 11.5 Å². The Balaban J connectivity index is 2.42. The first-order chi connectivity index (χ1) is 8.15. The van der Waals surface area contributed by atoms with Crippen molar-refractivity contribution in [3.05, 3.63) is 23.8 Å². The monoisotopic (exact) mass is 235 g/mol. The van der Waals surface area contributed by atoms with Gasteiger partial charge in [-0.05, 0) is 18.2 Å². The second-order valence-electron chi connectivity index (χ2n) is 3.78. The Kier molecular flexibility index (Phi) is 2.99. The van der Waals surface area contributed by atoms with E-state index in [1.807, 2.05) is 0 Å². The predicted molar refractivity (Wildman–Crippen MR) is 60.1 cm³/mol. The van der Waals surface area contributed by atoms with Gasteiger partial charge in [-0.1, -0.05) is 0 Å². The highest BCUT2D eigenvalue weighted by molar-refractivity contribution is 6.06. The lowest BCUT2D eigenvalue weighted by Gasteiger charge is -2.13. The van der Waals surface area contributed by atoms with Crippen molar-refractivity contribution >= 4 is 11.8 Å². The maximum absolute atomic E-state index is 11.6. The molecule has 1 aliphatic rings. The third kappa shape index (κ3) is 2.08. The Labute approximate surface area is 98.7 Å². The van der Waals surface area contributed by atoms with Gasteiger partial charge in [-0.3, -0.25) is 14.9 Å². The highest BCUT2D eigenvalue weighted by Crippen LogP contribution is 2.34. The van der Waals surface area contributed by atoms with Crippen LogP contribution >= 0.6 is 0 Å². The molecule has 1 aliphatic heterocycles. The van der Waals surface area contributed by atoms with Crippen molar-refractivity contribution in [2.75, 3.05) is 14.2 Å². The average molecular weight is 235 g/mol. The SMILES string of the molecule is COc1ccc(OC)c(C2CC(=O)NC2=O)c1. The van der Waals surface area contributed by atoms with E-state index in [0.29, 0.717) is 17.1 Å². The quantitative estimate of drug-likeness (QED) is 0.788. The van der Waals surface area contributed by atoms with E-state index in [0.717, 1.165) is 0 Å². The van der Waals surface area contributed by atoms with E-state index in [1.54, 1.807) is 25.3 Å². The number of methoxy groups -OCH3 is 2. The van der Waals surface area contributed by atoms with Crippen molar-refractivity contribution in [1.82, 2.24) is 5.32 Å². The van der Waals surface area contributed by atoms with Crippen LogP contribution in [0.15, 0.2) is 18.2 Å². The average Bonchev–Trinajstić information content (AvgIpc) is 2.67. The van der Waals surface area contributed by atoms with Crippen LogP contribution in [-0.2, 0) is 9.59 Å². The molecule has 0 radical (unpaired) electrons. The number of imide groups is 1. The largest absolute Gasteiger partial charge is 0.497 e. The Hall–Kier alpha value is -2.04. The van der Waals surface area contributed by atoms with Crippen molar-refractivity contribution in [2.24, 2.45) is 0 Å². The second kappa shape index (κ2) is 4.45. The first-order valence-corrected chi connectivity index (χ1v) is 5.21. The van der Waals surface area contributed by atoms with Gasteiger partial charge >= 0.3 is 0 Å². The number of benzene rings is 1. The summed E-state index contributed by atoms with van der Waals surface area (Å²) in [6.45, 7) is 0. The van der Waals surface area contributed by atoms with E-state index < -0.39 is 5.92 Å². The minimum atomic E-state index is -0.493. The molecule has 90 valence electrons. The molecule has 5 heteroatoms. The number of hydrogen-bond acceptors (Lipinski definition) is 4. The molecule has 17 heavy (non-hydrogen) atoms. The van der Waals surface area contributed by atoms with Gasteiger partial charge < -0.3 is 9.47 Å². The minimum absolute atomic E-state index is 0.155. The van der Waals surface area contributed by atoms with Gasteiger partial charge in [0, 0.05) is 12.0 Å².